The standard InChI is InChI=1S/C29H29N3OS2/c1-4-29(2,3)18-13-14-20-17(15-18)16-19-25(30)26(35-27(19)31-20)28(33)32-21-9-5-7-11-23(21)34-24-12-8-6-10-22(24)32/h5-12,16,18H,4,13-15,30H2,1-3H3. The van der Waals surface area contributed by atoms with E-state index in [1.807, 2.05) is 41.3 Å². The molecule has 1 amide bonds. The van der Waals surface area contributed by atoms with Crippen LogP contribution in [0.5, 0.6) is 0 Å². The van der Waals surface area contributed by atoms with Gasteiger partial charge in [0.25, 0.3) is 5.91 Å². The van der Waals surface area contributed by atoms with Crippen molar-refractivity contribution in [2.45, 2.75) is 56.2 Å². The van der Waals surface area contributed by atoms with Gasteiger partial charge < -0.3 is 5.73 Å². The van der Waals surface area contributed by atoms with Gasteiger partial charge in [0.2, 0.25) is 0 Å². The minimum Gasteiger partial charge on any atom is -0.397 e. The number of nitrogens with two attached hydrogens (primary N) is 1. The number of rotatable bonds is 3. The average Bonchev–Trinajstić information content (AvgIpc) is 3.20. The van der Waals surface area contributed by atoms with E-state index in [4.69, 9.17) is 10.7 Å². The van der Waals surface area contributed by atoms with Crippen LogP contribution < -0.4 is 10.6 Å². The first-order valence-electron chi connectivity index (χ1n) is 12.3. The molecule has 178 valence electrons. The maximum Gasteiger partial charge on any atom is 0.275 e. The first-order valence-corrected chi connectivity index (χ1v) is 13.9. The molecule has 1 aliphatic heterocycles. The van der Waals surface area contributed by atoms with Crippen molar-refractivity contribution in [2.75, 3.05) is 10.6 Å². The van der Waals surface area contributed by atoms with Crippen molar-refractivity contribution >= 4 is 56.3 Å². The number of aromatic nitrogens is 1. The molecule has 0 saturated heterocycles. The molecular weight excluding hydrogens is 470 g/mol. The van der Waals surface area contributed by atoms with Crippen LogP contribution >= 0.6 is 23.1 Å². The van der Waals surface area contributed by atoms with Crippen LogP contribution in [0.4, 0.5) is 17.1 Å². The summed E-state index contributed by atoms with van der Waals surface area (Å²) in [6, 6.07) is 18.3. The molecule has 1 atom stereocenters. The maximum atomic E-state index is 14.1. The number of carbonyl (C=O) groups excluding carboxylic acids is 1. The summed E-state index contributed by atoms with van der Waals surface area (Å²) in [4.78, 5) is 24.5. The Bertz CT molecular complexity index is 1430. The van der Waals surface area contributed by atoms with Crippen LogP contribution in [-0.4, -0.2) is 10.9 Å². The molecule has 2 N–H and O–H groups in total. The molecule has 0 bridgehead atoms. The Morgan fingerprint density at radius 2 is 1.77 bits per heavy atom. The van der Waals surface area contributed by atoms with Crippen LogP contribution in [0.25, 0.3) is 10.2 Å². The van der Waals surface area contributed by atoms with Crippen molar-refractivity contribution in [2.24, 2.45) is 11.3 Å². The van der Waals surface area contributed by atoms with Crippen molar-refractivity contribution in [3.63, 3.8) is 0 Å². The van der Waals surface area contributed by atoms with Gasteiger partial charge in [0.05, 0.1) is 17.1 Å². The lowest BCUT2D eigenvalue weighted by Crippen LogP contribution is -2.29. The summed E-state index contributed by atoms with van der Waals surface area (Å²) in [5, 5.41) is 0.917. The van der Waals surface area contributed by atoms with E-state index in [0.29, 0.717) is 21.9 Å². The number of nitrogen functional groups attached to an aromatic ring is 1. The lowest BCUT2D eigenvalue weighted by atomic mass is 9.69. The Balaban J connectivity index is 1.43. The van der Waals surface area contributed by atoms with E-state index in [9.17, 15) is 4.79 Å². The number of nitrogens with zero attached hydrogens (tertiary/aromatic N) is 2. The smallest absolute Gasteiger partial charge is 0.275 e. The average molecular weight is 500 g/mol. The molecule has 2 aromatic carbocycles. The lowest BCUT2D eigenvalue weighted by molar-refractivity contribution is 0.100. The molecule has 0 fully saturated rings. The van der Waals surface area contributed by atoms with Gasteiger partial charge >= 0.3 is 0 Å². The zero-order valence-electron chi connectivity index (χ0n) is 20.3. The van der Waals surface area contributed by atoms with E-state index in [0.717, 1.165) is 50.6 Å². The number of fused-ring (bicyclic) bond motifs is 4. The van der Waals surface area contributed by atoms with Crippen molar-refractivity contribution in [3.05, 3.63) is 70.7 Å². The predicted molar refractivity (Wildman–Crippen MR) is 147 cm³/mol. The highest BCUT2D eigenvalue weighted by molar-refractivity contribution is 7.99. The van der Waals surface area contributed by atoms with Crippen molar-refractivity contribution in [1.29, 1.82) is 0 Å². The summed E-state index contributed by atoms with van der Waals surface area (Å²) in [6.07, 6.45) is 4.35. The number of para-hydroxylation sites is 2. The number of amides is 1. The summed E-state index contributed by atoms with van der Waals surface area (Å²) < 4.78 is 0. The van der Waals surface area contributed by atoms with Crippen molar-refractivity contribution in [3.8, 4) is 0 Å². The van der Waals surface area contributed by atoms with Crippen LogP contribution in [-0.2, 0) is 12.8 Å². The minimum absolute atomic E-state index is 0.0892. The van der Waals surface area contributed by atoms with Gasteiger partial charge in [-0.3, -0.25) is 9.69 Å². The number of pyridine rings is 1. The molecule has 4 nitrogen and oxygen atoms in total. The van der Waals surface area contributed by atoms with Gasteiger partial charge in [-0.15, -0.1) is 11.3 Å². The van der Waals surface area contributed by atoms with Gasteiger partial charge in [0, 0.05) is 20.9 Å². The monoisotopic (exact) mass is 499 g/mol. The molecule has 2 aromatic heterocycles. The second-order valence-corrected chi connectivity index (χ2v) is 12.3. The maximum absolute atomic E-state index is 14.1. The van der Waals surface area contributed by atoms with Crippen LogP contribution in [0, 0.1) is 11.3 Å². The van der Waals surface area contributed by atoms with Gasteiger partial charge in [0.15, 0.2) is 0 Å². The Morgan fingerprint density at radius 1 is 1.11 bits per heavy atom. The fraction of sp³-hybridized carbons (Fsp3) is 0.310. The summed E-state index contributed by atoms with van der Waals surface area (Å²) in [7, 11) is 0. The second-order valence-electron chi connectivity index (χ2n) is 10.3. The van der Waals surface area contributed by atoms with Gasteiger partial charge in [-0.05, 0) is 66.5 Å². The first-order chi connectivity index (χ1) is 16.9. The Labute approximate surface area is 214 Å². The molecule has 2 aliphatic rings. The molecule has 6 heteroatoms. The van der Waals surface area contributed by atoms with Crippen molar-refractivity contribution < 1.29 is 4.79 Å². The molecule has 0 saturated carbocycles. The Kier molecular flexibility index (Phi) is 5.42. The minimum atomic E-state index is -0.0892. The fourth-order valence-corrected chi connectivity index (χ4v) is 7.41. The van der Waals surface area contributed by atoms with Gasteiger partial charge in [-0.2, -0.15) is 0 Å². The van der Waals surface area contributed by atoms with Crippen LogP contribution in [0.2, 0.25) is 0 Å². The van der Waals surface area contributed by atoms with Crippen LogP contribution in [0.15, 0.2) is 64.4 Å². The third kappa shape index (κ3) is 3.66. The van der Waals surface area contributed by atoms with Crippen LogP contribution in [0.1, 0.15) is 54.5 Å². The van der Waals surface area contributed by atoms with E-state index in [1.54, 1.807) is 11.8 Å². The number of hydrogen-bond donors (Lipinski definition) is 1. The molecule has 35 heavy (non-hydrogen) atoms. The molecule has 0 spiro atoms. The zero-order chi connectivity index (χ0) is 24.3. The normalized spacial score (nSPS) is 17.1. The third-order valence-electron chi connectivity index (χ3n) is 7.93. The Morgan fingerprint density at radius 3 is 2.43 bits per heavy atom. The number of hydrogen-bond acceptors (Lipinski definition) is 5. The van der Waals surface area contributed by atoms with E-state index in [2.05, 4.69) is 39.0 Å². The number of anilines is 3. The van der Waals surface area contributed by atoms with Gasteiger partial charge in [-0.25, -0.2) is 4.98 Å². The second kappa shape index (κ2) is 8.38. The molecule has 0 radical (unpaired) electrons. The first kappa shape index (κ1) is 22.6. The third-order valence-corrected chi connectivity index (χ3v) is 10.2. The summed E-state index contributed by atoms with van der Waals surface area (Å²) >= 11 is 3.12. The Hall–Kier alpha value is -2.83. The van der Waals surface area contributed by atoms with E-state index >= 15 is 0 Å². The summed E-state index contributed by atoms with van der Waals surface area (Å²) in [5.74, 6) is 0.549. The number of aryl methyl sites for hydroxylation is 1. The highest BCUT2D eigenvalue weighted by atomic mass is 32.2. The quantitative estimate of drug-likeness (QED) is 0.312. The molecule has 4 aromatic rings. The largest absolute Gasteiger partial charge is 0.397 e. The van der Waals surface area contributed by atoms with E-state index in [1.165, 1.54) is 29.0 Å². The fourth-order valence-electron chi connectivity index (χ4n) is 5.33. The summed E-state index contributed by atoms with van der Waals surface area (Å²) in [6.45, 7) is 7.02. The van der Waals surface area contributed by atoms with Gasteiger partial charge in [0.1, 0.15) is 9.71 Å². The van der Waals surface area contributed by atoms with Crippen molar-refractivity contribution in [1.82, 2.24) is 4.98 Å². The van der Waals surface area contributed by atoms with Gasteiger partial charge in [-0.1, -0.05) is 63.2 Å². The highest BCUT2D eigenvalue weighted by Crippen LogP contribution is 2.49. The van der Waals surface area contributed by atoms with E-state index < -0.39 is 0 Å². The topological polar surface area (TPSA) is 59.2 Å². The molecule has 1 unspecified atom stereocenters. The van der Waals surface area contributed by atoms with Crippen LogP contribution in [0.3, 0.4) is 0 Å². The highest BCUT2D eigenvalue weighted by Gasteiger charge is 2.34. The molecule has 3 heterocycles. The summed E-state index contributed by atoms with van der Waals surface area (Å²) in [5.41, 5.74) is 11.8. The predicted octanol–water partition coefficient (Wildman–Crippen LogP) is 7.86. The SMILES string of the molecule is CCC(C)(C)C1CCc2nc3sc(C(=O)N4c5ccccc5Sc5ccccc54)c(N)c3cc2C1. The molecule has 1 aliphatic carbocycles. The number of carbonyl (C=O) groups is 1. The number of benzene rings is 2. The number of thiophene rings is 1. The molecular formula is C29H29N3OS2. The lowest BCUT2D eigenvalue weighted by Gasteiger charge is -2.36. The molecule has 6 rings (SSSR count). The zero-order valence-corrected chi connectivity index (χ0v) is 21.9. The van der Waals surface area contributed by atoms with E-state index in [-0.39, 0.29) is 5.91 Å².